The van der Waals surface area contributed by atoms with Gasteiger partial charge < -0.3 is 23.7 Å². The van der Waals surface area contributed by atoms with Gasteiger partial charge in [-0.3, -0.25) is 14.5 Å². The molecular weight excluding hydrogens is 406 g/mol. The summed E-state index contributed by atoms with van der Waals surface area (Å²) in [6.45, 7) is 2.07. The number of methoxy groups -OCH3 is 2. The molecule has 3 heterocycles. The molecule has 0 fully saturated rings. The molecule has 0 radical (unpaired) electrons. The summed E-state index contributed by atoms with van der Waals surface area (Å²) < 4.78 is 27.1. The van der Waals surface area contributed by atoms with E-state index >= 15 is 0 Å². The highest BCUT2D eigenvalue weighted by Crippen LogP contribution is 2.50. The van der Waals surface area contributed by atoms with Crippen molar-refractivity contribution in [3.63, 3.8) is 0 Å². The number of hydrogen-bond acceptors (Lipinski definition) is 8. The quantitative estimate of drug-likeness (QED) is 0.689. The maximum atomic E-state index is 13.9. The number of carbonyl (C=O) groups is 3. The lowest BCUT2D eigenvalue weighted by Crippen LogP contribution is -2.58. The Labute approximate surface area is 177 Å². The van der Waals surface area contributed by atoms with E-state index in [0.29, 0.717) is 23.7 Å². The minimum atomic E-state index is -1.92. The highest BCUT2D eigenvalue weighted by Gasteiger charge is 2.61. The van der Waals surface area contributed by atoms with Crippen LogP contribution in [0.4, 0.5) is 0 Å². The van der Waals surface area contributed by atoms with Gasteiger partial charge in [0.05, 0.1) is 25.3 Å². The second kappa shape index (κ2) is 6.63. The van der Waals surface area contributed by atoms with Crippen molar-refractivity contribution in [2.24, 2.45) is 0 Å². The van der Waals surface area contributed by atoms with Crippen molar-refractivity contribution in [3.8, 4) is 23.0 Å². The van der Waals surface area contributed by atoms with Gasteiger partial charge in [0.25, 0.3) is 11.6 Å². The molecule has 2 aromatic rings. The summed E-state index contributed by atoms with van der Waals surface area (Å²) in [4.78, 5) is 41.6. The summed E-state index contributed by atoms with van der Waals surface area (Å²) in [6.07, 6.45) is 0.542. The Morgan fingerprint density at radius 3 is 2.23 bits per heavy atom. The highest BCUT2D eigenvalue weighted by atomic mass is 16.7. The minimum Gasteiger partial charge on any atom is -0.493 e. The third-order valence-corrected chi connectivity index (χ3v) is 5.72. The average molecular weight is 425 g/mol. The van der Waals surface area contributed by atoms with Crippen molar-refractivity contribution in [1.29, 1.82) is 0 Å². The molecule has 0 N–H and O–H groups in total. The second-order valence-corrected chi connectivity index (χ2v) is 7.32. The van der Waals surface area contributed by atoms with Crippen molar-refractivity contribution < 1.29 is 38.1 Å². The van der Waals surface area contributed by atoms with Gasteiger partial charge in [0.15, 0.2) is 23.0 Å². The van der Waals surface area contributed by atoms with Crippen LogP contribution < -0.4 is 18.9 Å². The van der Waals surface area contributed by atoms with Crippen LogP contribution >= 0.6 is 0 Å². The van der Waals surface area contributed by atoms with Crippen molar-refractivity contribution in [2.75, 3.05) is 27.6 Å². The fourth-order valence-electron chi connectivity index (χ4n) is 4.32. The molecule has 0 saturated heterocycles. The lowest BCUT2D eigenvalue weighted by molar-refractivity contribution is -0.0739. The standard InChI is InChI=1S/C22H19NO8/c1-4-5-23-20(25)12-7-16(28-3)15(27-2)6-11(12)19(24)22(23)14-9-18-17(29-10-30-18)8-13(14)21(26)31-22/h6-9H,4-5,10H2,1-3H3. The largest absolute Gasteiger partial charge is 0.493 e. The predicted molar refractivity (Wildman–Crippen MR) is 105 cm³/mol. The summed E-state index contributed by atoms with van der Waals surface area (Å²) >= 11 is 0. The predicted octanol–water partition coefficient (Wildman–Crippen LogP) is 2.50. The Hall–Kier alpha value is -3.75. The van der Waals surface area contributed by atoms with Gasteiger partial charge in [-0.1, -0.05) is 6.92 Å². The number of benzene rings is 2. The summed E-state index contributed by atoms with van der Waals surface area (Å²) in [6, 6.07) is 5.95. The molecule has 1 spiro atoms. The van der Waals surface area contributed by atoms with Gasteiger partial charge in [-0.2, -0.15) is 0 Å². The molecule has 0 bridgehead atoms. The third kappa shape index (κ3) is 2.40. The summed E-state index contributed by atoms with van der Waals surface area (Å²) in [5.41, 5.74) is -1.25. The first-order chi connectivity index (χ1) is 15.0. The number of hydrogen-bond donors (Lipinski definition) is 0. The van der Waals surface area contributed by atoms with E-state index in [1.165, 1.54) is 37.3 Å². The van der Waals surface area contributed by atoms with Crippen LogP contribution in [0.2, 0.25) is 0 Å². The first kappa shape index (κ1) is 19.2. The molecule has 160 valence electrons. The highest BCUT2D eigenvalue weighted by molar-refractivity contribution is 6.20. The molecule has 0 saturated carbocycles. The fourth-order valence-corrected chi connectivity index (χ4v) is 4.32. The zero-order valence-electron chi connectivity index (χ0n) is 17.1. The van der Waals surface area contributed by atoms with Crippen LogP contribution in [0.5, 0.6) is 23.0 Å². The maximum Gasteiger partial charge on any atom is 0.341 e. The first-order valence-electron chi connectivity index (χ1n) is 9.76. The van der Waals surface area contributed by atoms with E-state index in [2.05, 4.69) is 0 Å². The van der Waals surface area contributed by atoms with E-state index in [1.54, 1.807) is 6.07 Å². The number of nitrogens with zero attached hydrogens (tertiary/aromatic N) is 1. The van der Waals surface area contributed by atoms with Gasteiger partial charge >= 0.3 is 5.97 Å². The van der Waals surface area contributed by atoms with Crippen LogP contribution in [0.1, 0.15) is 50.0 Å². The van der Waals surface area contributed by atoms with Crippen LogP contribution in [-0.4, -0.2) is 50.1 Å². The van der Waals surface area contributed by atoms with Crippen LogP contribution in [0.25, 0.3) is 0 Å². The van der Waals surface area contributed by atoms with Gasteiger partial charge in [-0.15, -0.1) is 0 Å². The van der Waals surface area contributed by atoms with E-state index in [4.69, 9.17) is 23.7 Å². The number of Topliss-reactive ketones (excluding diaryl/α,β-unsaturated/α-hetero) is 1. The number of esters is 1. The Bertz CT molecular complexity index is 1160. The smallest absolute Gasteiger partial charge is 0.341 e. The van der Waals surface area contributed by atoms with Gasteiger partial charge in [0.1, 0.15) is 0 Å². The topological polar surface area (TPSA) is 101 Å². The number of ketones is 1. The summed E-state index contributed by atoms with van der Waals surface area (Å²) in [7, 11) is 2.88. The Kier molecular flexibility index (Phi) is 4.11. The molecule has 3 aliphatic heterocycles. The van der Waals surface area contributed by atoms with Gasteiger partial charge in [0.2, 0.25) is 12.6 Å². The normalized spacial score (nSPS) is 20.6. The lowest BCUT2D eigenvalue weighted by Gasteiger charge is -2.42. The second-order valence-electron chi connectivity index (χ2n) is 7.32. The van der Waals surface area contributed by atoms with Gasteiger partial charge in [0, 0.05) is 17.7 Å². The van der Waals surface area contributed by atoms with E-state index in [9.17, 15) is 14.4 Å². The first-order valence-corrected chi connectivity index (χ1v) is 9.76. The molecular formula is C22H19NO8. The molecule has 31 heavy (non-hydrogen) atoms. The van der Waals surface area contributed by atoms with Crippen molar-refractivity contribution in [2.45, 2.75) is 19.1 Å². The maximum absolute atomic E-state index is 13.9. The van der Waals surface area contributed by atoms with Crippen molar-refractivity contribution in [1.82, 2.24) is 4.90 Å². The lowest BCUT2D eigenvalue weighted by atomic mass is 9.83. The van der Waals surface area contributed by atoms with Crippen LogP contribution in [-0.2, 0) is 10.5 Å². The summed E-state index contributed by atoms with van der Waals surface area (Å²) in [5.74, 6) is -0.321. The fraction of sp³-hybridized carbons (Fsp3) is 0.318. The summed E-state index contributed by atoms with van der Waals surface area (Å²) in [5, 5.41) is 0. The van der Waals surface area contributed by atoms with E-state index in [1.807, 2.05) is 6.92 Å². The monoisotopic (exact) mass is 425 g/mol. The van der Waals surface area contributed by atoms with Crippen LogP contribution in [0.15, 0.2) is 24.3 Å². The molecule has 1 unspecified atom stereocenters. The van der Waals surface area contributed by atoms with Crippen molar-refractivity contribution >= 4 is 17.7 Å². The number of amides is 1. The molecule has 2 aromatic carbocycles. The molecule has 5 rings (SSSR count). The molecule has 0 aliphatic carbocycles. The SMILES string of the molecule is CCCN1C(=O)c2cc(OC)c(OC)cc2C(=O)C12OC(=O)c1cc3c(cc12)OCO3. The average Bonchev–Trinajstić information content (AvgIpc) is 3.35. The third-order valence-electron chi connectivity index (χ3n) is 5.72. The number of fused-ring (bicyclic) bond motifs is 4. The molecule has 1 atom stereocenters. The molecule has 1 amide bonds. The molecule has 9 nitrogen and oxygen atoms in total. The Morgan fingerprint density at radius 2 is 1.58 bits per heavy atom. The number of carbonyl (C=O) groups excluding carboxylic acids is 3. The molecule has 3 aliphatic rings. The van der Waals surface area contributed by atoms with E-state index < -0.39 is 23.4 Å². The zero-order valence-corrected chi connectivity index (χ0v) is 17.1. The van der Waals surface area contributed by atoms with Crippen LogP contribution in [0.3, 0.4) is 0 Å². The zero-order chi connectivity index (χ0) is 21.9. The number of rotatable bonds is 4. The molecule has 9 heteroatoms. The van der Waals surface area contributed by atoms with Crippen LogP contribution in [0, 0.1) is 0 Å². The van der Waals surface area contributed by atoms with Crippen molar-refractivity contribution in [3.05, 3.63) is 46.5 Å². The molecule has 0 aromatic heterocycles. The Morgan fingerprint density at radius 1 is 0.935 bits per heavy atom. The van der Waals surface area contributed by atoms with E-state index in [0.717, 1.165) is 0 Å². The minimum absolute atomic E-state index is 0.00561. The number of ether oxygens (including phenoxy) is 5. The van der Waals surface area contributed by atoms with E-state index in [-0.39, 0.29) is 41.3 Å². The van der Waals surface area contributed by atoms with Gasteiger partial charge in [-0.25, -0.2) is 4.79 Å². The van der Waals surface area contributed by atoms with Gasteiger partial charge in [-0.05, 0) is 30.7 Å². The Balaban J connectivity index is 1.78.